The lowest BCUT2D eigenvalue weighted by molar-refractivity contribution is 0.346. The van der Waals surface area contributed by atoms with Crippen LogP contribution in [0.5, 0.6) is 5.75 Å². The summed E-state index contributed by atoms with van der Waals surface area (Å²) in [6, 6.07) is 5.95. The van der Waals surface area contributed by atoms with E-state index in [1.165, 1.54) is 25.9 Å². The first-order chi connectivity index (χ1) is 8.70. The number of likely N-dealkylation sites (N-methyl/N-ethyl adjacent to an activating group) is 1. The molecule has 0 saturated carbocycles. The highest BCUT2D eigenvalue weighted by molar-refractivity contribution is 5.62. The quantitative estimate of drug-likeness (QED) is 0.808. The normalized spacial score (nSPS) is 15.9. The highest BCUT2D eigenvalue weighted by Gasteiger charge is 2.12. The van der Waals surface area contributed by atoms with Gasteiger partial charge in [0.2, 0.25) is 0 Å². The van der Waals surface area contributed by atoms with Crippen molar-refractivity contribution in [3.05, 3.63) is 18.2 Å². The Bertz CT molecular complexity index is 389. The van der Waals surface area contributed by atoms with Crippen molar-refractivity contribution in [2.75, 3.05) is 51.0 Å². The van der Waals surface area contributed by atoms with Crippen LogP contribution in [0.3, 0.4) is 0 Å². The van der Waals surface area contributed by atoms with E-state index < -0.39 is 0 Å². The van der Waals surface area contributed by atoms with Crippen LogP contribution >= 0.6 is 0 Å². The molecule has 1 fully saturated rings. The van der Waals surface area contributed by atoms with E-state index in [4.69, 9.17) is 10.5 Å². The maximum absolute atomic E-state index is 5.82. The van der Waals surface area contributed by atoms with Crippen LogP contribution in [0, 0.1) is 0 Å². The van der Waals surface area contributed by atoms with Crippen molar-refractivity contribution in [2.24, 2.45) is 0 Å². The van der Waals surface area contributed by atoms with Crippen LogP contribution in [-0.4, -0.2) is 45.2 Å². The van der Waals surface area contributed by atoms with Crippen molar-refractivity contribution in [2.45, 2.75) is 12.8 Å². The number of hydrogen-bond acceptors (Lipinski definition) is 4. The second-order valence-electron chi connectivity index (χ2n) is 4.90. The summed E-state index contributed by atoms with van der Waals surface area (Å²) in [5.74, 6) is 0.750. The molecule has 1 aliphatic heterocycles. The predicted molar refractivity (Wildman–Crippen MR) is 76.4 cm³/mol. The average Bonchev–Trinajstić information content (AvgIpc) is 2.89. The SMILES string of the molecule is COc1cc(N(C)CCN2CCCC2)ccc1N. The Kier molecular flexibility index (Phi) is 4.31. The molecule has 1 aliphatic rings. The average molecular weight is 249 g/mol. The lowest BCUT2D eigenvalue weighted by Crippen LogP contribution is -2.31. The highest BCUT2D eigenvalue weighted by Crippen LogP contribution is 2.26. The number of ether oxygens (including phenoxy) is 1. The van der Waals surface area contributed by atoms with Crippen molar-refractivity contribution < 1.29 is 4.74 Å². The van der Waals surface area contributed by atoms with Crippen LogP contribution in [-0.2, 0) is 0 Å². The van der Waals surface area contributed by atoms with E-state index >= 15 is 0 Å². The topological polar surface area (TPSA) is 41.7 Å². The summed E-state index contributed by atoms with van der Waals surface area (Å²) in [6.07, 6.45) is 2.69. The maximum atomic E-state index is 5.82. The van der Waals surface area contributed by atoms with E-state index in [0.717, 1.165) is 24.5 Å². The van der Waals surface area contributed by atoms with Gasteiger partial charge >= 0.3 is 0 Å². The highest BCUT2D eigenvalue weighted by atomic mass is 16.5. The predicted octanol–water partition coefficient (Wildman–Crippen LogP) is 1.81. The molecule has 0 spiro atoms. The minimum atomic E-state index is 0.689. The summed E-state index contributed by atoms with van der Waals surface area (Å²) in [4.78, 5) is 4.77. The Balaban J connectivity index is 1.93. The number of rotatable bonds is 5. The molecule has 18 heavy (non-hydrogen) atoms. The summed E-state index contributed by atoms with van der Waals surface area (Å²) < 4.78 is 5.25. The molecule has 2 N–H and O–H groups in total. The van der Waals surface area contributed by atoms with Crippen molar-refractivity contribution in [3.63, 3.8) is 0 Å². The summed E-state index contributed by atoms with van der Waals surface area (Å²) in [5, 5.41) is 0. The lowest BCUT2D eigenvalue weighted by atomic mass is 10.2. The number of nitrogens with zero attached hydrogens (tertiary/aromatic N) is 2. The molecule has 0 amide bonds. The van der Waals surface area contributed by atoms with Gasteiger partial charge in [0.25, 0.3) is 0 Å². The Morgan fingerprint density at radius 3 is 2.72 bits per heavy atom. The van der Waals surface area contributed by atoms with Crippen LogP contribution in [0.4, 0.5) is 11.4 Å². The van der Waals surface area contributed by atoms with Crippen LogP contribution in [0.2, 0.25) is 0 Å². The molecule has 1 aromatic carbocycles. The van der Waals surface area contributed by atoms with E-state index in [9.17, 15) is 0 Å². The van der Waals surface area contributed by atoms with Gasteiger partial charge in [0.1, 0.15) is 5.75 Å². The smallest absolute Gasteiger partial charge is 0.143 e. The van der Waals surface area contributed by atoms with Gasteiger partial charge in [-0.25, -0.2) is 0 Å². The molecule has 0 aliphatic carbocycles. The molecule has 1 saturated heterocycles. The van der Waals surface area contributed by atoms with Gasteiger partial charge in [0.05, 0.1) is 12.8 Å². The summed E-state index contributed by atoms with van der Waals surface area (Å²) in [5.41, 5.74) is 7.66. The molecule has 0 atom stereocenters. The Labute approximate surface area is 109 Å². The first-order valence-electron chi connectivity index (χ1n) is 6.57. The van der Waals surface area contributed by atoms with Gasteiger partial charge in [-0.05, 0) is 38.1 Å². The van der Waals surface area contributed by atoms with Crippen LogP contribution in [0.15, 0.2) is 18.2 Å². The maximum Gasteiger partial charge on any atom is 0.143 e. The number of benzene rings is 1. The minimum absolute atomic E-state index is 0.689. The number of anilines is 2. The van der Waals surface area contributed by atoms with Gasteiger partial charge < -0.3 is 20.3 Å². The second-order valence-corrected chi connectivity index (χ2v) is 4.90. The molecule has 2 rings (SSSR count). The fourth-order valence-electron chi connectivity index (χ4n) is 2.36. The Morgan fingerprint density at radius 1 is 1.33 bits per heavy atom. The molecule has 0 bridgehead atoms. The van der Waals surface area contributed by atoms with E-state index in [1.54, 1.807) is 7.11 Å². The monoisotopic (exact) mass is 249 g/mol. The Hall–Kier alpha value is -1.42. The molecular formula is C14H23N3O. The van der Waals surface area contributed by atoms with Gasteiger partial charge in [-0.15, -0.1) is 0 Å². The lowest BCUT2D eigenvalue weighted by Gasteiger charge is -2.23. The molecule has 0 unspecified atom stereocenters. The third kappa shape index (κ3) is 3.07. The van der Waals surface area contributed by atoms with Gasteiger partial charge in [-0.1, -0.05) is 0 Å². The van der Waals surface area contributed by atoms with Crippen molar-refractivity contribution >= 4 is 11.4 Å². The zero-order chi connectivity index (χ0) is 13.0. The second kappa shape index (κ2) is 5.96. The molecule has 0 radical (unpaired) electrons. The zero-order valence-corrected chi connectivity index (χ0v) is 11.4. The first kappa shape index (κ1) is 13.0. The van der Waals surface area contributed by atoms with Crippen molar-refractivity contribution in [3.8, 4) is 5.75 Å². The molecule has 1 aromatic rings. The largest absolute Gasteiger partial charge is 0.495 e. The number of hydrogen-bond donors (Lipinski definition) is 1. The third-order valence-corrected chi connectivity index (χ3v) is 3.61. The molecular weight excluding hydrogens is 226 g/mol. The van der Waals surface area contributed by atoms with Crippen molar-refractivity contribution in [1.29, 1.82) is 0 Å². The Morgan fingerprint density at radius 2 is 2.06 bits per heavy atom. The fraction of sp³-hybridized carbons (Fsp3) is 0.571. The van der Waals surface area contributed by atoms with E-state index in [1.807, 2.05) is 18.2 Å². The summed E-state index contributed by atoms with van der Waals surface area (Å²) in [7, 11) is 3.76. The van der Waals surface area contributed by atoms with E-state index in [-0.39, 0.29) is 0 Å². The van der Waals surface area contributed by atoms with Gasteiger partial charge in [0, 0.05) is 31.9 Å². The zero-order valence-electron chi connectivity index (χ0n) is 11.4. The van der Waals surface area contributed by atoms with Gasteiger partial charge in [-0.2, -0.15) is 0 Å². The number of methoxy groups -OCH3 is 1. The number of likely N-dealkylation sites (tertiary alicyclic amines) is 1. The molecule has 4 heteroatoms. The molecule has 100 valence electrons. The van der Waals surface area contributed by atoms with E-state index in [0.29, 0.717) is 5.69 Å². The summed E-state index contributed by atoms with van der Waals surface area (Å²) in [6.45, 7) is 4.66. The minimum Gasteiger partial charge on any atom is -0.495 e. The number of nitrogens with two attached hydrogens (primary N) is 1. The molecule has 4 nitrogen and oxygen atoms in total. The standard InChI is InChI=1S/C14H23N3O/c1-16(9-10-17-7-3-4-8-17)12-5-6-13(15)14(11-12)18-2/h5-6,11H,3-4,7-10,15H2,1-2H3. The third-order valence-electron chi connectivity index (χ3n) is 3.61. The van der Waals surface area contributed by atoms with Crippen LogP contribution in [0.1, 0.15) is 12.8 Å². The van der Waals surface area contributed by atoms with Crippen LogP contribution in [0.25, 0.3) is 0 Å². The fourth-order valence-corrected chi connectivity index (χ4v) is 2.36. The summed E-state index contributed by atoms with van der Waals surface area (Å²) >= 11 is 0. The van der Waals surface area contributed by atoms with E-state index in [2.05, 4.69) is 16.8 Å². The van der Waals surface area contributed by atoms with Crippen molar-refractivity contribution in [1.82, 2.24) is 4.90 Å². The molecule has 1 heterocycles. The van der Waals surface area contributed by atoms with Crippen LogP contribution < -0.4 is 15.4 Å². The molecule has 0 aromatic heterocycles. The van der Waals surface area contributed by atoms with Gasteiger partial charge in [0.15, 0.2) is 0 Å². The van der Waals surface area contributed by atoms with Gasteiger partial charge in [-0.3, -0.25) is 0 Å². The first-order valence-corrected chi connectivity index (χ1v) is 6.57. The number of nitrogen functional groups attached to an aromatic ring is 1.